The van der Waals surface area contributed by atoms with Crippen molar-refractivity contribution in [1.82, 2.24) is 9.80 Å². The van der Waals surface area contributed by atoms with E-state index in [9.17, 15) is 9.59 Å². The molecule has 6 nitrogen and oxygen atoms in total. The molecule has 0 saturated carbocycles. The van der Waals surface area contributed by atoms with Gasteiger partial charge in [-0.25, -0.2) is 4.79 Å². The van der Waals surface area contributed by atoms with Crippen LogP contribution in [0.3, 0.4) is 0 Å². The topological polar surface area (TPSA) is 70.1 Å². The zero-order valence-electron chi connectivity index (χ0n) is 13.3. The summed E-state index contributed by atoms with van der Waals surface area (Å²) in [6.45, 7) is 8.79. The molecule has 0 spiro atoms. The van der Waals surface area contributed by atoms with Gasteiger partial charge in [-0.05, 0) is 40.5 Å². The SMILES string of the molecule is CC1CCC(C)N1C(C)C(=O)N1CC(C)(OCC(=O)O)C1. The van der Waals surface area contributed by atoms with Crippen LogP contribution in [0, 0.1) is 0 Å². The van der Waals surface area contributed by atoms with Gasteiger partial charge >= 0.3 is 5.97 Å². The van der Waals surface area contributed by atoms with Crippen LogP contribution in [0.1, 0.15) is 40.5 Å². The summed E-state index contributed by atoms with van der Waals surface area (Å²) in [4.78, 5) is 27.1. The number of likely N-dealkylation sites (tertiary alicyclic amines) is 2. The molecule has 2 aliphatic heterocycles. The maximum atomic E-state index is 12.5. The Hall–Kier alpha value is -1.14. The van der Waals surface area contributed by atoms with Crippen LogP contribution < -0.4 is 0 Å². The van der Waals surface area contributed by atoms with E-state index >= 15 is 0 Å². The summed E-state index contributed by atoms with van der Waals surface area (Å²) < 4.78 is 5.35. The Labute approximate surface area is 126 Å². The molecule has 0 aromatic heterocycles. The molecule has 6 heteroatoms. The normalized spacial score (nSPS) is 30.0. The van der Waals surface area contributed by atoms with Crippen molar-refractivity contribution >= 4 is 11.9 Å². The predicted octanol–water partition coefficient (Wildman–Crippen LogP) is 0.950. The lowest BCUT2D eigenvalue weighted by Gasteiger charge is -2.49. The highest BCUT2D eigenvalue weighted by Crippen LogP contribution is 2.30. The number of aliphatic carboxylic acids is 1. The van der Waals surface area contributed by atoms with Gasteiger partial charge in [0.1, 0.15) is 12.2 Å². The van der Waals surface area contributed by atoms with Gasteiger partial charge in [-0.3, -0.25) is 9.69 Å². The Morgan fingerprint density at radius 3 is 2.29 bits per heavy atom. The third-order valence-electron chi connectivity index (χ3n) is 4.73. The number of carbonyl (C=O) groups excluding carboxylic acids is 1. The quantitative estimate of drug-likeness (QED) is 0.818. The largest absolute Gasteiger partial charge is 0.480 e. The van der Waals surface area contributed by atoms with Crippen LogP contribution in [0.25, 0.3) is 0 Å². The number of carboxylic acids is 1. The molecule has 0 aromatic carbocycles. The number of hydrogen-bond donors (Lipinski definition) is 1. The summed E-state index contributed by atoms with van der Waals surface area (Å²) in [5.41, 5.74) is -0.518. The van der Waals surface area contributed by atoms with Gasteiger partial charge in [0.25, 0.3) is 0 Å². The van der Waals surface area contributed by atoms with Crippen molar-refractivity contribution in [2.75, 3.05) is 19.7 Å². The van der Waals surface area contributed by atoms with Crippen molar-refractivity contribution in [3.8, 4) is 0 Å². The lowest BCUT2D eigenvalue weighted by molar-refractivity contribution is -0.176. The van der Waals surface area contributed by atoms with Gasteiger partial charge in [0.15, 0.2) is 0 Å². The molecule has 3 atom stereocenters. The van der Waals surface area contributed by atoms with Crippen LogP contribution >= 0.6 is 0 Å². The van der Waals surface area contributed by atoms with E-state index in [-0.39, 0.29) is 18.6 Å². The Balaban J connectivity index is 1.87. The van der Waals surface area contributed by atoms with E-state index < -0.39 is 11.6 Å². The van der Waals surface area contributed by atoms with Gasteiger partial charge < -0.3 is 14.7 Å². The van der Waals surface area contributed by atoms with E-state index in [0.29, 0.717) is 25.2 Å². The molecule has 0 aromatic rings. The summed E-state index contributed by atoms with van der Waals surface area (Å²) in [6, 6.07) is 0.756. The summed E-state index contributed by atoms with van der Waals surface area (Å²) in [6.07, 6.45) is 2.27. The fourth-order valence-corrected chi connectivity index (χ4v) is 3.61. The van der Waals surface area contributed by atoms with Crippen LogP contribution in [0.2, 0.25) is 0 Å². The molecule has 1 amide bonds. The standard InChI is InChI=1S/C15H26N2O4/c1-10-5-6-11(2)17(10)12(3)14(20)16-8-15(4,9-16)21-7-13(18)19/h10-12H,5-9H2,1-4H3,(H,18,19). The lowest BCUT2D eigenvalue weighted by Crippen LogP contribution is -2.66. The van der Waals surface area contributed by atoms with Crippen molar-refractivity contribution in [1.29, 1.82) is 0 Å². The molecule has 2 aliphatic rings. The number of amides is 1. The molecule has 120 valence electrons. The molecule has 3 unspecified atom stereocenters. The first-order chi connectivity index (χ1) is 9.73. The summed E-state index contributed by atoms with van der Waals surface area (Å²) in [5.74, 6) is -0.860. The molecular formula is C15H26N2O4. The Morgan fingerprint density at radius 2 is 1.81 bits per heavy atom. The number of ether oxygens (including phenoxy) is 1. The monoisotopic (exact) mass is 298 g/mol. The molecule has 0 aliphatic carbocycles. The minimum atomic E-state index is -0.978. The second kappa shape index (κ2) is 5.93. The van der Waals surface area contributed by atoms with E-state index in [1.807, 2.05) is 13.8 Å². The molecule has 2 saturated heterocycles. The minimum Gasteiger partial charge on any atom is -0.480 e. The highest BCUT2D eigenvalue weighted by molar-refractivity contribution is 5.82. The fourth-order valence-electron chi connectivity index (χ4n) is 3.61. The zero-order chi connectivity index (χ0) is 15.8. The highest BCUT2D eigenvalue weighted by Gasteiger charge is 2.45. The van der Waals surface area contributed by atoms with E-state index in [0.717, 1.165) is 12.8 Å². The summed E-state index contributed by atoms with van der Waals surface area (Å²) in [7, 11) is 0. The maximum Gasteiger partial charge on any atom is 0.329 e. The van der Waals surface area contributed by atoms with Crippen molar-refractivity contribution in [3.05, 3.63) is 0 Å². The van der Waals surface area contributed by atoms with Crippen molar-refractivity contribution in [2.24, 2.45) is 0 Å². The molecule has 2 rings (SSSR count). The number of carboxylic acid groups (broad SMARTS) is 1. The van der Waals surface area contributed by atoms with Gasteiger partial charge in [0.05, 0.1) is 19.1 Å². The van der Waals surface area contributed by atoms with Crippen LogP contribution in [0.4, 0.5) is 0 Å². The molecule has 0 radical (unpaired) electrons. The number of rotatable bonds is 5. The molecule has 2 fully saturated rings. The fraction of sp³-hybridized carbons (Fsp3) is 0.867. The van der Waals surface area contributed by atoms with Gasteiger partial charge in [0.2, 0.25) is 5.91 Å². The average molecular weight is 298 g/mol. The number of carbonyl (C=O) groups is 2. The molecule has 0 bridgehead atoms. The molecule has 1 N–H and O–H groups in total. The van der Waals surface area contributed by atoms with Crippen LogP contribution in [-0.4, -0.2) is 70.2 Å². The van der Waals surface area contributed by atoms with Crippen molar-refractivity contribution in [3.63, 3.8) is 0 Å². The predicted molar refractivity (Wildman–Crippen MR) is 78.0 cm³/mol. The van der Waals surface area contributed by atoms with Gasteiger partial charge in [-0.2, -0.15) is 0 Å². The van der Waals surface area contributed by atoms with Crippen molar-refractivity contribution < 1.29 is 19.4 Å². The number of nitrogens with zero attached hydrogens (tertiary/aromatic N) is 2. The molecular weight excluding hydrogens is 272 g/mol. The lowest BCUT2D eigenvalue weighted by atomic mass is 9.95. The van der Waals surface area contributed by atoms with E-state index in [1.54, 1.807) is 4.90 Å². The third-order valence-corrected chi connectivity index (χ3v) is 4.73. The summed E-state index contributed by atoms with van der Waals surface area (Å²) in [5, 5.41) is 8.65. The minimum absolute atomic E-state index is 0.118. The maximum absolute atomic E-state index is 12.5. The Morgan fingerprint density at radius 1 is 1.29 bits per heavy atom. The Kier molecular flexibility index (Phi) is 4.58. The van der Waals surface area contributed by atoms with Crippen LogP contribution in [0.15, 0.2) is 0 Å². The van der Waals surface area contributed by atoms with E-state index in [4.69, 9.17) is 9.84 Å². The average Bonchev–Trinajstić information content (AvgIpc) is 2.71. The molecule has 2 heterocycles. The van der Waals surface area contributed by atoms with E-state index in [1.165, 1.54) is 0 Å². The van der Waals surface area contributed by atoms with E-state index in [2.05, 4.69) is 18.7 Å². The highest BCUT2D eigenvalue weighted by atomic mass is 16.5. The first kappa shape index (κ1) is 16.2. The number of hydrogen-bond acceptors (Lipinski definition) is 4. The zero-order valence-corrected chi connectivity index (χ0v) is 13.3. The van der Waals surface area contributed by atoms with Gasteiger partial charge in [-0.15, -0.1) is 0 Å². The van der Waals surface area contributed by atoms with Gasteiger partial charge in [-0.1, -0.05) is 0 Å². The third kappa shape index (κ3) is 3.37. The summed E-state index contributed by atoms with van der Waals surface area (Å²) >= 11 is 0. The molecule has 21 heavy (non-hydrogen) atoms. The first-order valence-electron chi connectivity index (χ1n) is 7.65. The second-order valence-electron chi connectivity index (χ2n) is 6.73. The smallest absolute Gasteiger partial charge is 0.329 e. The van der Waals surface area contributed by atoms with Crippen LogP contribution in [0.5, 0.6) is 0 Å². The van der Waals surface area contributed by atoms with Crippen LogP contribution in [-0.2, 0) is 14.3 Å². The van der Waals surface area contributed by atoms with Gasteiger partial charge in [0, 0.05) is 12.1 Å². The second-order valence-corrected chi connectivity index (χ2v) is 6.73. The van der Waals surface area contributed by atoms with Crippen molar-refractivity contribution in [2.45, 2.75) is 64.3 Å². The Bertz CT molecular complexity index is 410. The first-order valence-corrected chi connectivity index (χ1v) is 7.65.